The van der Waals surface area contributed by atoms with Crippen LogP contribution < -0.4 is 10.2 Å². The summed E-state index contributed by atoms with van der Waals surface area (Å²) >= 11 is 1.60. The number of alkyl carbamates (subject to hydrolysis) is 1. The van der Waals surface area contributed by atoms with Crippen molar-refractivity contribution in [3.63, 3.8) is 0 Å². The third-order valence-electron chi connectivity index (χ3n) is 4.88. The fraction of sp³-hybridized carbons (Fsp3) is 0.625. The summed E-state index contributed by atoms with van der Waals surface area (Å²) in [6.07, 6.45) is 8.23. The number of amides is 1. The third kappa shape index (κ3) is 9.73. The van der Waals surface area contributed by atoms with Gasteiger partial charge in [0, 0.05) is 24.5 Å². The number of unbranched alkanes of at least 4 members (excludes halogenated alkanes) is 3. The second-order valence-electron chi connectivity index (χ2n) is 8.87. The van der Waals surface area contributed by atoms with Crippen LogP contribution in [0.25, 0.3) is 6.08 Å². The smallest absolute Gasteiger partial charge is 0.407 e. The van der Waals surface area contributed by atoms with Crippen LogP contribution in [0.15, 0.2) is 17.7 Å². The Balaban J connectivity index is 1.64. The molecule has 0 unspecified atom stereocenters. The van der Waals surface area contributed by atoms with E-state index in [1.54, 1.807) is 17.4 Å². The summed E-state index contributed by atoms with van der Waals surface area (Å²) < 4.78 is 10.4. The van der Waals surface area contributed by atoms with Crippen LogP contribution in [0.3, 0.4) is 0 Å². The Morgan fingerprint density at radius 1 is 1.16 bits per heavy atom. The molecule has 1 N–H and O–H groups in total. The van der Waals surface area contributed by atoms with E-state index < -0.39 is 17.7 Å². The first-order valence-corrected chi connectivity index (χ1v) is 12.2. The molecule has 7 nitrogen and oxygen atoms in total. The Morgan fingerprint density at radius 3 is 2.56 bits per heavy atom. The lowest BCUT2D eigenvalue weighted by Gasteiger charge is -2.27. The lowest BCUT2D eigenvalue weighted by atomic mass is 10.1. The number of esters is 1. The number of rotatable bonds is 10. The molecule has 1 amide bonds. The second-order valence-corrected chi connectivity index (χ2v) is 9.97. The van der Waals surface area contributed by atoms with E-state index in [2.05, 4.69) is 16.3 Å². The molecule has 0 atom stereocenters. The van der Waals surface area contributed by atoms with E-state index in [1.165, 1.54) is 24.3 Å². The summed E-state index contributed by atoms with van der Waals surface area (Å²) in [6.45, 7) is 8.44. The quantitative estimate of drug-likeness (QED) is 0.221. The molecule has 0 spiro atoms. The highest BCUT2D eigenvalue weighted by atomic mass is 32.1. The fourth-order valence-electron chi connectivity index (χ4n) is 3.31. The first-order valence-electron chi connectivity index (χ1n) is 11.4. The summed E-state index contributed by atoms with van der Waals surface area (Å²) in [5, 5.41) is 13.3. The molecule has 176 valence electrons. The highest BCUT2D eigenvalue weighted by Crippen LogP contribution is 2.29. The molecule has 1 aliphatic rings. The number of nitrogens with zero attached hydrogens (tertiary/aromatic N) is 2. The Bertz CT molecular complexity index is 814. The molecule has 0 radical (unpaired) electrons. The van der Waals surface area contributed by atoms with Crippen LogP contribution in [0.2, 0.25) is 0 Å². The monoisotopic (exact) mass is 461 g/mol. The zero-order chi connectivity index (χ0) is 23.4. The van der Waals surface area contributed by atoms with Crippen molar-refractivity contribution in [1.82, 2.24) is 5.32 Å². The average Bonchev–Trinajstić information content (AvgIpc) is 3.21. The van der Waals surface area contributed by atoms with Gasteiger partial charge >= 0.3 is 12.1 Å². The number of nitrogens with one attached hydrogen (secondary N) is 1. The van der Waals surface area contributed by atoms with E-state index >= 15 is 0 Å². The SMILES string of the molecule is CC(C)(C)OC(=O)NCCCCCCOC(=O)/C(C#N)=C/c1ccc(N2CCCCC2)s1. The number of carbonyl (C=O) groups excluding carboxylic acids is 2. The molecular weight excluding hydrogens is 426 g/mol. The highest BCUT2D eigenvalue weighted by Gasteiger charge is 2.16. The molecule has 2 heterocycles. The maximum Gasteiger partial charge on any atom is 0.407 e. The molecule has 1 aromatic rings. The summed E-state index contributed by atoms with van der Waals surface area (Å²) in [7, 11) is 0. The average molecular weight is 462 g/mol. The maximum atomic E-state index is 12.2. The van der Waals surface area contributed by atoms with Crippen LogP contribution in [-0.4, -0.2) is 43.9 Å². The molecule has 1 aromatic heterocycles. The van der Waals surface area contributed by atoms with E-state index in [4.69, 9.17) is 9.47 Å². The number of nitriles is 1. The van der Waals surface area contributed by atoms with Gasteiger partial charge in [0.1, 0.15) is 17.2 Å². The summed E-state index contributed by atoms with van der Waals surface area (Å²) in [6, 6.07) is 5.97. The molecule has 0 aromatic carbocycles. The fourth-order valence-corrected chi connectivity index (χ4v) is 4.31. The normalized spacial score (nSPS) is 14.6. The number of thiophene rings is 1. The predicted octanol–water partition coefficient (Wildman–Crippen LogP) is 5.27. The predicted molar refractivity (Wildman–Crippen MR) is 128 cm³/mol. The van der Waals surface area contributed by atoms with Gasteiger partial charge in [0.15, 0.2) is 0 Å². The molecular formula is C24H35N3O4S. The molecule has 1 aliphatic heterocycles. The van der Waals surface area contributed by atoms with Crippen LogP contribution in [0.5, 0.6) is 0 Å². The van der Waals surface area contributed by atoms with Crippen molar-refractivity contribution >= 4 is 34.5 Å². The van der Waals surface area contributed by atoms with Crippen molar-refractivity contribution in [2.75, 3.05) is 31.1 Å². The maximum absolute atomic E-state index is 12.2. The number of ether oxygens (including phenoxy) is 2. The second kappa shape index (κ2) is 13.1. The Morgan fingerprint density at radius 2 is 1.88 bits per heavy atom. The van der Waals surface area contributed by atoms with Gasteiger partial charge < -0.3 is 19.7 Å². The van der Waals surface area contributed by atoms with Crippen LogP contribution >= 0.6 is 11.3 Å². The molecule has 1 fully saturated rings. The summed E-state index contributed by atoms with van der Waals surface area (Å²) in [4.78, 5) is 27.0. The van der Waals surface area contributed by atoms with Gasteiger partial charge in [-0.15, -0.1) is 11.3 Å². The number of piperidine rings is 1. The van der Waals surface area contributed by atoms with E-state index in [1.807, 2.05) is 32.9 Å². The molecule has 8 heteroatoms. The minimum Gasteiger partial charge on any atom is -0.462 e. The summed E-state index contributed by atoms with van der Waals surface area (Å²) in [5.74, 6) is -0.577. The Hall–Kier alpha value is -2.53. The van der Waals surface area contributed by atoms with Crippen LogP contribution in [-0.2, 0) is 14.3 Å². The Labute approximate surface area is 195 Å². The zero-order valence-corrected chi connectivity index (χ0v) is 20.3. The van der Waals surface area contributed by atoms with E-state index in [0.29, 0.717) is 6.54 Å². The first kappa shape index (κ1) is 25.7. The minimum atomic E-state index is -0.577. The molecule has 2 rings (SSSR count). The van der Waals surface area contributed by atoms with E-state index in [9.17, 15) is 14.9 Å². The van der Waals surface area contributed by atoms with Crippen LogP contribution in [0.4, 0.5) is 9.80 Å². The van der Waals surface area contributed by atoms with Gasteiger partial charge in [-0.1, -0.05) is 6.42 Å². The zero-order valence-electron chi connectivity index (χ0n) is 19.4. The van der Waals surface area contributed by atoms with Crippen LogP contribution in [0, 0.1) is 11.3 Å². The number of hydrogen-bond donors (Lipinski definition) is 1. The van der Waals surface area contributed by atoms with Gasteiger partial charge in [-0.05, 0) is 77.5 Å². The van der Waals surface area contributed by atoms with Crippen molar-refractivity contribution < 1.29 is 19.1 Å². The van der Waals surface area contributed by atoms with E-state index in [0.717, 1.165) is 43.6 Å². The highest BCUT2D eigenvalue weighted by molar-refractivity contribution is 7.17. The van der Waals surface area contributed by atoms with Gasteiger partial charge in [-0.25, -0.2) is 9.59 Å². The number of hydrogen-bond acceptors (Lipinski definition) is 7. The minimum absolute atomic E-state index is 0.0265. The van der Waals surface area contributed by atoms with E-state index in [-0.39, 0.29) is 12.2 Å². The van der Waals surface area contributed by atoms with Crippen molar-refractivity contribution in [3.8, 4) is 6.07 Å². The number of carbonyl (C=O) groups is 2. The van der Waals surface area contributed by atoms with Gasteiger partial charge in [0.05, 0.1) is 11.6 Å². The van der Waals surface area contributed by atoms with Gasteiger partial charge in [0.2, 0.25) is 0 Å². The lowest BCUT2D eigenvalue weighted by molar-refractivity contribution is -0.138. The van der Waals surface area contributed by atoms with Crippen molar-refractivity contribution in [2.24, 2.45) is 0 Å². The molecule has 32 heavy (non-hydrogen) atoms. The topological polar surface area (TPSA) is 91.7 Å². The number of anilines is 1. The molecule has 0 saturated carbocycles. The molecule has 0 bridgehead atoms. The van der Waals surface area contributed by atoms with Crippen molar-refractivity contribution in [3.05, 3.63) is 22.6 Å². The van der Waals surface area contributed by atoms with Gasteiger partial charge in [0.25, 0.3) is 0 Å². The third-order valence-corrected chi connectivity index (χ3v) is 5.97. The Kier molecular flexibility index (Phi) is 10.5. The van der Waals surface area contributed by atoms with Gasteiger partial charge in [-0.2, -0.15) is 5.26 Å². The van der Waals surface area contributed by atoms with Gasteiger partial charge in [-0.3, -0.25) is 0 Å². The standard InChI is InChI=1S/C24H35N3O4S/c1-24(2,3)31-23(29)26-13-7-4-5-10-16-30-22(28)19(18-25)17-20-11-12-21(32-20)27-14-8-6-9-15-27/h11-12,17H,4-10,13-16H2,1-3H3,(H,26,29)/b19-17+. The largest absolute Gasteiger partial charge is 0.462 e. The van der Waals surface area contributed by atoms with Crippen molar-refractivity contribution in [1.29, 1.82) is 5.26 Å². The first-order chi connectivity index (χ1) is 15.3. The van der Waals surface area contributed by atoms with Crippen molar-refractivity contribution in [2.45, 2.75) is 71.3 Å². The lowest BCUT2D eigenvalue weighted by Crippen LogP contribution is -2.32. The van der Waals surface area contributed by atoms with Crippen LogP contribution in [0.1, 0.15) is 70.6 Å². The summed E-state index contributed by atoms with van der Waals surface area (Å²) in [5.41, 5.74) is -0.470. The molecule has 0 aliphatic carbocycles. The molecule has 1 saturated heterocycles.